The first-order valence-corrected chi connectivity index (χ1v) is 6.94. The molecular weight excluding hydrogens is 268 g/mol. The molecule has 96 valence electrons. The van der Waals surface area contributed by atoms with Gasteiger partial charge in [0.05, 0.1) is 19.6 Å². The van der Waals surface area contributed by atoms with E-state index in [1.807, 2.05) is 29.6 Å². The topological polar surface area (TPSA) is 18.5 Å². The second kappa shape index (κ2) is 6.12. The second-order valence-electron chi connectivity index (χ2n) is 3.91. The fourth-order valence-corrected chi connectivity index (χ4v) is 2.94. The largest absolute Gasteiger partial charge is 0.497 e. The smallest absolute Gasteiger partial charge is 0.129 e. The van der Waals surface area contributed by atoms with Crippen molar-refractivity contribution in [2.75, 3.05) is 14.2 Å². The number of halogens is 1. The Bertz CT molecular complexity index is 510. The molecule has 0 N–H and O–H groups in total. The molecule has 18 heavy (non-hydrogen) atoms. The van der Waals surface area contributed by atoms with Crippen molar-refractivity contribution in [2.24, 2.45) is 0 Å². The maximum Gasteiger partial charge on any atom is 0.129 e. The minimum Gasteiger partial charge on any atom is -0.497 e. The Balaban J connectivity index is 2.08. The van der Waals surface area contributed by atoms with Gasteiger partial charge in [-0.1, -0.05) is 12.1 Å². The minimum atomic E-state index is -0.0361. The Morgan fingerprint density at radius 1 is 1.17 bits per heavy atom. The molecule has 1 aromatic carbocycles. The molecule has 2 aromatic rings. The molecule has 0 saturated heterocycles. The number of hydrogen-bond donors (Lipinski definition) is 0. The van der Waals surface area contributed by atoms with Gasteiger partial charge >= 0.3 is 0 Å². The van der Waals surface area contributed by atoms with Crippen molar-refractivity contribution in [3.63, 3.8) is 0 Å². The lowest BCUT2D eigenvalue weighted by atomic mass is 10.1. The standard InChI is InChI=1S/C14H15ClO2S/c1-16-11-5-3-4-10(6-11)7-13(15)14-8-12(17-2)9-18-14/h3-6,8-9,13H,7H2,1-2H3. The van der Waals surface area contributed by atoms with E-state index in [0.717, 1.165) is 22.8 Å². The molecule has 0 aliphatic rings. The van der Waals surface area contributed by atoms with E-state index in [1.165, 1.54) is 5.56 Å². The van der Waals surface area contributed by atoms with Crippen LogP contribution >= 0.6 is 22.9 Å². The Morgan fingerprint density at radius 2 is 1.94 bits per heavy atom. The third-order valence-electron chi connectivity index (χ3n) is 2.69. The number of alkyl halides is 1. The molecule has 0 bridgehead atoms. The summed E-state index contributed by atoms with van der Waals surface area (Å²) in [4.78, 5) is 1.12. The maximum atomic E-state index is 6.42. The van der Waals surface area contributed by atoms with Crippen LogP contribution in [0.3, 0.4) is 0 Å². The molecule has 4 heteroatoms. The second-order valence-corrected chi connectivity index (χ2v) is 5.38. The zero-order valence-corrected chi connectivity index (χ0v) is 11.9. The van der Waals surface area contributed by atoms with E-state index in [-0.39, 0.29) is 5.38 Å². The van der Waals surface area contributed by atoms with E-state index in [4.69, 9.17) is 21.1 Å². The molecular formula is C14H15ClO2S. The first kappa shape index (κ1) is 13.2. The van der Waals surface area contributed by atoms with Gasteiger partial charge in [0, 0.05) is 10.3 Å². The number of hydrogen-bond acceptors (Lipinski definition) is 3. The van der Waals surface area contributed by atoms with Gasteiger partial charge in [0.1, 0.15) is 11.5 Å². The average molecular weight is 283 g/mol. The van der Waals surface area contributed by atoms with E-state index in [1.54, 1.807) is 25.6 Å². The normalized spacial score (nSPS) is 12.2. The highest BCUT2D eigenvalue weighted by atomic mass is 35.5. The van der Waals surface area contributed by atoms with Gasteiger partial charge < -0.3 is 9.47 Å². The van der Waals surface area contributed by atoms with Crippen molar-refractivity contribution in [3.8, 4) is 11.5 Å². The Labute approximate surface area is 116 Å². The summed E-state index contributed by atoms with van der Waals surface area (Å²) in [5.74, 6) is 1.73. The Morgan fingerprint density at radius 3 is 2.61 bits per heavy atom. The van der Waals surface area contributed by atoms with Crippen LogP contribution in [0.25, 0.3) is 0 Å². The number of methoxy groups -OCH3 is 2. The molecule has 1 atom stereocenters. The highest BCUT2D eigenvalue weighted by molar-refractivity contribution is 7.10. The van der Waals surface area contributed by atoms with Gasteiger partial charge in [0.2, 0.25) is 0 Å². The molecule has 0 fully saturated rings. The number of thiophene rings is 1. The van der Waals surface area contributed by atoms with Crippen LogP contribution in [0.4, 0.5) is 0 Å². The predicted octanol–water partition coefficient (Wildman–Crippen LogP) is 4.29. The first-order valence-electron chi connectivity index (χ1n) is 5.62. The van der Waals surface area contributed by atoms with Gasteiger partial charge in [-0.15, -0.1) is 22.9 Å². The van der Waals surface area contributed by atoms with Crippen LogP contribution in [0.5, 0.6) is 11.5 Å². The van der Waals surface area contributed by atoms with E-state index in [0.29, 0.717) is 0 Å². The van der Waals surface area contributed by atoms with Crippen molar-refractivity contribution in [2.45, 2.75) is 11.8 Å². The van der Waals surface area contributed by atoms with E-state index >= 15 is 0 Å². The summed E-state index contributed by atoms with van der Waals surface area (Å²) in [6.07, 6.45) is 0.780. The molecule has 0 aliphatic carbocycles. The molecule has 0 saturated carbocycles. The van der Waals surface area contributed by atoms with Crippen molar-refractivity contribution in [1.82, 2.24) is 0 Å². The monoisotopic (exact) mass is 282 g/mol. The lowest BCUT2D eigenvalue weighted by molar-refractivity contribution is 0.414. The van der Waals surface area contributed by atoms with Gasteiger partial charge in [-0.05, 0) is 30.2 Å². The summed E-state index contributed by atoms with van der Waals surface area (Å²) in [6.45, 7) is 0. The van der Waals surface area contributed by atoms with E-state index in [2.05, 4.69) is 6.07 Å². The third-order valence-corrected chi connectivity index (χ3v) is 4.23. The lowest BCUT2D eigenvalue weighted by Crippen LogP contribution is -1.94. The quantitative estimate of drug-likeness (QED) is 0.762. The number of rotatable bonds is 5. The van der Waals surface area contributed by atoms with Gasteiger partial charge in [-0.25, -0.2) is 0 Å². The number of benzene rings is 1. The molecule has 1 aromatic heterocycles. The Hall–Kier alpha value is -1.19. The van der Waals surface area contributed by atoms with Crippen LogP contribution in [0.15, 0.2) is 35.7 Å². The molecule has 0 aliphatic heterocycles. The minimum absolute atomic E-state index is 0.0361. The van der Waals surface area contributed by atoms with E-state index in [9.17, 15) is 0 Å². The van der Waals surface area contributed by atoms with E-state index < -0.39 is 0 Å². The summed E-state index contributed by atoms with van der Waals surface area (Å²) >= 11 is 8.04. The zero-order chi connectivity index (χ0) is 13.0. The van der Waals surface area contributed by atoms with Crippen molar-refractivity contribution >= 4 is 22.9 Å². The molecule has 0 amide bonds. The summed E-state index contributed by atoms with van der Waals surface area (Å²) < 4.78 is 10.4. The van der Waals surface area contributed by atoms with Crippen LogP contribution in [0.1, 0.15) is 15.8 Å². The zero-order valence-electron chi connectivity index (χ0n) is 10.4. The van der Waals surface area contributed by atoms with Crippen LogP contribution in [-0.2, 0) is 6.42 Å². The highest BCUT2D eigenvalue weighted by Gasteiger charge is 2.12. The lowest BCUT2D eigenvalue weighted by Gasteiger charge is -2.08. The maximum absolute atomic E-state index is 6.42. The van der Waals surface area contributed by atoms with Gasteiger partial charge in [-0.2, -0.15) is 0 Å². The van der Waals surface area contributed by atoms with Gasteiger partial charge in [0.15, 0.2) is 0 Å². The summed E-state index contributed by atoms with van der Waals surface area (Å²) in [5.41, 5.74) is 1.17. The predicted molar refractivity (Wildman–Crippen MR) is 76.2 cm³/mol. The molecule has 1 unspecified atom stereocenters. The summed E-state index contributed by atoms with van der Waals surface area (Å²) in [6, 6.07) is 9.97. The molecule has 0 spiro atoms. The van der Waals surface area contributed by atoms with Crippen LogP contribution in [0.2, 0.25) is 0 Å². The number of ether oxygens (including phenoxy) is 2. The van der Waals surface area contributed by atoms with Gasteiger partial charge in [-0.3, -0.25) is 0 Å². The van der Waals surface area contributed by atoms with Crippen molar-refractivity contribution in [1.29, 1.82) is 0 Å². The molecule has 2 nitrogen and oxygen atoms in total. The first-order chi connectivity index (χ1) is 8.72. The summed E-state index contributed by atoms with van der Waals surface area (Å²) in [7, 11) is 3.33. The van der Waals surface area contributed by atoms with Crippen molar-refractivity contribution < 1.29 is 9.47 Å². The molecule has 1 heterocycles. The SMILES string of the molecule is COc1cccc(CC(Cl)c2cc(OC)cs2)c1. The molecule has 2 rings (SSSR count). The van der Waals surface area contributed by atoms with Crippen LogP contribution in [0, 0.1) is 0 Å². The van der Waals surface area contributed by atoms with Crippen LogP contribution < -0.4 is 9.47 Å². The fourth-order valence-electron chi connectivity index (χ4n) is 1.71. The highest BCUT2D eigenvalue weighted by Crippen LogP contribution is 2.33. The van der Waals surface area contributed by atoms with Crippen LogP contribution in [-0.4, -0.2) is 14.2 Å². The summed E-state index contributed by atoms with van der Waals surface area (Å²) in [5, 5.41) is 1.93. The van der Waals surface area contributed by atoms with Gasteiger partial charge in [0.25, 0.3) is 0 Å². The third kappa shape index (κ3) is 3.18. The van der Waals surface area contributed by atoms with Crippen molar-refractivity contribution in [3.05, 3.63) is 46.2 Å². The Kier molecular flexibility index (Phi) is 4.50. The fraction of sp³-hybridized carbons (Fsp3) is 0.286. The molecule has 0 radical (unpaired) electrons. The average Bonchev–Trinajstić information content (AvgIpc) is 2.88.